The lowest BCUT2D eigenvalue weighted by molar-refractivity contribution is 0.199. The highest BCUT2D eigenvalue weighted by molar-refractivity contribution is 5.50. The van der Waals surface area contributed by atoms with Gasteiger partial charge in [-0.3, -0.25) is 0 Å². The van der Waals surface area contributed by atoms with Crippen molar-refractivity contribution in [3.05, 3.63) is 29.6 Å². The fraction of sp³-hybridized carbons (Fsp3) is 0.647. The first-order valence-electron chi connectivity index (χ1n) is 7.86. The lowest BCUT2D eigenvalue weighted by atomic mass is 9.93. The zero-order valence-corrected chi connectivity index (χ0v) is 13.4. The van der Waals surface area contributed by atoms with Crippen LogP contribution in [-0.4, -0.2) is 32.8 Å². The molecule has 4 heteroatoms. The third-order valence-corrected chi connectivity index (χ3v) is 4.27. The molecule has 0 amide bonds. The Hall–Kier alpha value is -1.13. The summed E-state index contributed by atoms with van der Waals surface area (Å²) in [5.74, 6) is 0.631. The molecule has 1 aliphatic rings. The predicted molar refractivity (Wildman–Crippen MR) is 85.2 cm³/mol. The number of rotatable bonds is 6. The van der Waals surface area contributed by atoms with Crippen molar-refractivity contribution in [3.63, 3.8) is 0 Å². The number of halogens is 1. The molecular weight excluding hydrogens is 267 g/mol. The maximum Gasteiger partial charge on any atom is 0.146 e. The van der Waals surface area contributed by atoms with Crippen molar-refractivity contribution in [3.8, 4) is 0 Å². The third-order valence-electron chi connectivity index (χ3n) is 4.27. The smallest absolute Gasteiger partial charge is 0.146 e. The number of benzene rings is 1. The molecule has 118 valence electrons. The van der Waals surface area contributed by atoms with E-state index < -0.39 is 0 Å². The second kappa shape index (κ2) is 7.76. The molecule has 1 heterocycles. The van der Waals surface area contributed by atoms with Crippen molar-refractivity contribution in [2.24, 2.45) is 5.92 Å². The van der Waals surface area contributed by atoms with Crippen LogP contribution in [0.4, 0.5) is 10.1 Å². The molecule has 3 nitrogen and oxygen atoms in total. The topological polar surface area (TPSA) is 24.5 Å². The predicted octanol–water partition coefficient (Wildman–Crippen LogP) is 3.19. The highest BCUT2D eigenvalue weighted by Gasteiger charge is 2.24. The van der Waals surface area contributed by atoms with E-state index in [1.807, 2.05) is 12.1 Å². The van der Waals surface area contributed by atoms with Gasteiger partial charge in [0.1, 0.15) is 5.82 Å². The van der Waals surface area contributed by atoms with Gasteiger partial charge in [-0.1, -0.05) is 13.0 Å². The summed E-state index contributed by atoms with van der Waals surface area (Å²) in [7, 11) is 1.68. The molecule has 0 bridgehead atoms. The van der Waals surface area contributed by atoms with Crippen LogP contribution in [0, 0.1) is 11.7 Å². The highest BCUT2D eigenvalue weighted by atomic mass is 19.1. The van der Waals surface area contributed by atoms with Crippen LogP contribution in [0.5, 0.6) is 0 Å². The highest BCUT2D eigenvalue weighted by Crippen LogP contribution is 2.30. The van der Waals surface area contributed by atoms with Crippen molar-refractivity contribution >= 4 is 5.69 Å². The van der Waals surface area contributed by atoms with Crippen molar-refractivity contribution < 1.29 is 9.13 Å². The van der Waals surface area contributed by atoms with Crippen LogP contribution in [0.15, 0.2) is 18.2 Å². The van der Waals surface area contributed by atoms with E-state index in [0.717, 1.165) is 43.1 Å². The van der Waals surface area contributed by atoms with Gasteiger partial charge in [-0.05, 0) is 43.4 Å². The second-order valence-corrected chi connectivity index (χ2v) is 6.13. The average Bonchev–Trinajstić information content (AvgIpc) is 2.45. The fourth-order valence-corrected chi connectivity index (χ4v) is 3.07. The first-order chi connectivity index (χ1) is 10.1. The van der Waals surface area contributed by atoms with E-state index in [9.17, 15) is 4.39 Å². The van der Waals surface area contributed by atoms with Crippen LogP contribution in [0.1, 0.15) is 32.3 Å². The van der Waals surface area contributed by atoms with Crippen molar-refractivity contribution in [1.82, 2.24) is 5.32 Å². The standard InChI is InChI=1S/C17H27FN2O/c1-13-6-8-20(14(2)10-13)17-5-4-15(11-16(17)18)12-19-7-9-21-3/h4-5,11,13-14,19H,6-10,12H2,1-3H3. The van der Waals surface area contributed by atoms with E-state index in [4.69, 9.17) is 4.74 Å². The lowest BCUT2D eigenvalue weighted by Gasteiger charge is -2.38. The number of nitrogens with one attached hydrogen (secondary N) is 1. The summed E-state index contributed by atoms with van der Waals surface area (Å²) < 4.78 is 19.4. The Balaban J connectivity index is 1.98. The largest absolute Gasteiger partial charge is 0.383 e. The maximum atomic E-state index is 14.4. The normalized spacial score (nSPS) is 22.6. The first-order valence-corrected chi connectivity index (χ1v) is 7.86. The minimum Gasteiger partial charge on any atom is -0.383 e. The Morgan fingerprint density at radius 3 is 2.86 bits per heavy atom. The van der Waals surface area contributed by atoms with Gasteiger partial charge >= 0.3 is 0 Å². The molecule has 1 N–H and O–H groups in total. The molecule has 1 aromatic rings. The molecular formula is C17H27FN2O. The van der Waals surface area contributed by atoms with E-state index in [1.165, 1.54) is 0 Å². The molecule has 1 fully saturated rings. The minimum absolute atomic E-state index is 0.109. The summed E-state index contributed by atoms with van der Waals surface area (Å²) in [6.45, 7) is 7.54. The molecule has 0 aliphatic carbocycles. The van der Waals surface area contributed by atoms with Gasteiger partial charge in [-0.2, -0.15) is 0 Å². The number of hydrogen-bond acceptors (Lipinski definition) is 3. The number of ether oxygens (including phenoxy) is 1. The van der Waals surface area contributed by atoms with Gasteiger partial charge in [0, 0.05) is 32.8 Å². The quantitative estimate of drug-likeness (QED) is 0.816. The molecule has 2 rings (SSSR count). The molecule has 21 heavy (non-hydrogen) atoms. The Morgan fingerprint density at radius 2 is 2.19 bits per heavy atom. The second-order valence-electron chi connectivity index (χ2n) is 6.13. The SMILES string of the molecule is COCCNCc1ccc(N2CCC(C)CC2C)c(F)c1. The van der Waals surface area contributed by atoms with Gasteiger partial charge in [0.25, 0.3) is 0 Å². The zero-order valence-electron chi connectivity index (χ0n) is 13.4. The molecule has 1 aliphatic heterocycles. The summed E-state index contributed by atoms with van der Waals surface area (Å²) in [6, 6.07) is 6.01. The van der Waals surface area contributed by atoms with Crippen LogP contribution in [0.3, 0.4) is 0 Å². The summed E-state index contributed by atoms with van der Waals surface area (Å²) in [6.07, 6.45) is 2.28. The van der Waals surface area contributed by atoms with Gasteiger partial charge < -0.3 is 15.0 Å². The molecule has 0 radical (unpaired) electrons. The van der Waals surface area contributed by atoms with Crippen molar-refractivity contribution in [2.75, 3.05) is 31.7 Å². The first kappa shape index (κ1) is 16.2. The molecule has 1 aromatic carbocycles. The summed E-state index contributed by atoms with van der Waals surface area (Å²) in [4.78, 5) is 2.21. The Morgan fingerprint density at radius 1 is 1.38 bits per heavy atom. The van der Waals surface area contributed by atoms with Crippen LogP contribution in [-0.2, 0) is 11.3 Å². The minimum atomic E-state index is -0.109. The summed E-state index contributed by atoms with van der Waals surface area (Å²) in [5, 5.41) is 3.24. The van der Waals surface area contributed by atoms with Crippen LogP contribution in [0.2, 0.25) is 0 Å². The number of anilines is 1. The van der Waals surface area contributed by atoms with Gasteiger partial charge in [0.2, 0.25) is 0 Å². The summed E-state index contributed by atoms with van der Waals surface area (Å²) in [5.41, 5.74) is 1.72. The molecule has 2 unspecified atom stereocenters. The number of hydrogen-bond donors (Lipinski definition) is 1. The van der Waals surface area contributed by atoms with E-state index in [1.54, 1.807) is 13.2 Å². The zero-order chi connectivity index (χ0) is 15.2. The van der Waals surface area contributed by atoms with Crippen LogP contribution < -0.4 is 10.2 Å². The third kappa shape index (κ3) is 4.42. The van der Waals surface area contributed by atoms with Gasteiger partial charge in [0.15, 0.2) is 0 Å². The molecule has 1 saturated heterocycles. The summed E-state index contributed by atoms with van der Waals surface area (Å²) >= 11 is 0. The van der Waals surface area contributed by atoms with E-state index in [2.05, 4.69) is 24.1 Å². The Bertz CT molecular complexity index is 452. The van der Waals surface area contributed by atoms with Crippen molar-refractivity contribution in [1.29, 1.82) is 0 Å². The van der Waals surface area contributed by atoms with Crippen LogP contribution >= 0.6 is 0 Å². The molecule has 0 saturated carbocycles. The van der Waals surface area contributed by atoms with Gasteiger partial charge in [0.05, 0.1) is 12.3 Å². The van der Waals surface area contributed by atoms with Crippen molar-refractivity contribution in [2.45, 2.75) is 39.3 Å². The monoisotopic (exact) mass is 294 g/mol. The average molecular weight is 294 g/mol. The van der Waals surface area contributed by atoms with Gasteiger partial charge in [-0.15, -0.1) is 0 Å². The van der Waals surface area contributed by atoms with E-state index >= 15 is 0 Å². The van der Waals surface area contributed by atoms with E-state index in [-0.39, 0.29) is 5.82 Å². The Kier molecular flexibility index (Phi) is 6.00. The number of methoxy groups -OCH3 is 1. The maximum absolute atomic E-state index is 14.4. The number of piperidine rings is 1. The Labute approximate surface area is 127 Å². The number of nitrogens with zero attached hydrogens (tertiary/aromatic N) is 1. The van der Waals surface area contributed by atoms with Crippen LogP contribution in [0.25, 0.3) is 0 Å². The fourth-order valence-electron chi connectivity index (χ4n) is 3.07. The molecule has 0 spiro atoms. The van der Waals surface area contributed by atoms with Gasteiger partial charge in [-0.25, -0.2) is 4.39 Å². The molecule has 0 aromatic heterocycles. The van der Waals surface area contributed by atoms with E-state index in [0.29, 0.717) is 19.2 Å². The molecule has 2 atom stereocenters. The lowest BCUT2D eigenvalue weighted by Crippen LogP contribution is -2.40.